The molecule has 2 aromatic rings. The van der Waals surface area contributed by atoms with Crippen molar-refractivity contribution in [3.63, 3.8) is 0 Å². The number of carbonyl (C=O) groups excluding carboxylic acids is 2. The second-order valence-corrected chi connectivity index (χ2v) is 6.53. The lowest BCUT2D eigenvalue weighted by Gasteiger charge is -2.16. The van der Waals surface area contributed by atoms with Crippen LogP contribution in [0.1, 0.15) is 17.3 Å². The van der Waals surface area contributed by atoms with E-state index in [1.165, 1.54) is 0 Å². The van der Waals surface area contributed by atoms with Crippen molar-refractivity contribution < 1.29 is 19.1 Å². The van der Waals surface area contributed by atoms with Gasteiger partial charge < -0.3 is 20.1 Å². The van der Waals surface area contributed by atoms with Crippen LogP contribution in [0.4, 0.5) is 0 Å². The van der Waals surface area contributed by atoms with Gasteiger partial charge in [0.1, 0.15) is 11.5 Å². The zero-order chi connectivity index (χ0) is 21.1. The average Bonchev–Trinajstić information content (AvgIpc) is 2.72. The first-order valence-corrected chi connectivity index (χ1v) is 9.34. The van der Waals surface area contributed by atoms with Crippen molar-refractivity contribution in [2.24, 2.45) is 0 Å². The summed E-state index contributed by atoms with van der Waals surface area (Å²) < 4.78 is 10.7. The molecule has 0 radical (unpaired) electrons. The van der Waals surface area contributed by atoms with Crippen LogP contribution in [0.2, 0.25) is 0 Å². The maximum Gasteiger partial charge on any atom is 0.257 e. The van der Waals surface area contributed by atoms with E-state index in [9.17, 15) is 9.59 Å². The van der Waals surface area contributed by atoms with Crippen molar-refractivity contribution >= 4 is 29.1 Å². The number of hydrogen-bond acceptors (Lipinski definition) is 5. The van der Waals surface area contributed by atoms with Crippen molar-refractivity contribution in [2.75, 3.05) is 20.3 Å². The lowest BCUT2D eigenvalue weighted by atomic mass is 10.2. The molecule has 2 rings (SSSR count). The van der Waals surface area contributed by atoms with E-state index in [1.54, 1.807) is 31.4 Å². The smallest absolute Gasteiger partial charge is 0.257 e. The number of amides is 2. The topological polar surface area (TPSA) is 101 Å². The molecule has 0 aliphatic rings. The number of methoxy groups -OCH3 is 1. The number of hydrazine groups is 1. The van der Waals surface area contributed by atoms with E-state index in [-0.39, 0.29) is 23.6 Å². The number of carbonyl (C=O) groups is 2. The van der Waals surface area contributed by atoms with Gasteiger partial charge in [-0.2, -0.15) is 0 Å². The first-order chi connectivity index (χ1) is 14.0. The second-order valence-electron chi connectivity index (χ2n) is 6.13. The van der Waals surface area contributed by atoms with E-state index in [4.69, 9.17) is 21.7 Å². The van der Waals surface area contributed by atoms with Gasteiger partial charge in [-0.3, -0.25) is 20.4 Å². The highest BCUT2D eigenvalue weighted by molar-refractivity contribution is 7.80. The van der Waals surface area contributed by atoms with Crippen LogP contribution < -0.4 is 26.2 Å². The SMILES string of the molecule is COC[C@@H](C)NC(=S)NNC(=O)CNC(=O)c1ccc(Oc2ccccc2)cc1. The molecule has 0 unspecified atom stereocenters. The number of nitrogens with one attached hydrogen (secondary N) is 4. The quantitative estimate of drug-likeness (QED) is 0.384. The highest BCUT2D eigenvalue weighted by atomic mass is 32.1. The van der Waals surface area contributed by atoms with E-state index >= 15 is 0 Å². The van der Waals surface area contributed by atoms with E-state index in [2.05, 4.69) is 21.5 Å². The summed E-state index contributed by atoms with van der Waals surface area (Å²) in [5.74, 6) is 0.503. The molecular weight excluding hydrogens is 392 g/mol. The Balaban J connectivity index is 1.73. The van der Waals surface area contributed by atoms with Crippen molar-refractivity contribution in [1.82, 2.24) is 21.5 Å². The zero-order valence-electron chi connectivity index (χ0n) is 16.2. The molecule has 0 saturated heterocycles. The Morgan fingerprint density at radius 1 is 1.00 bits per heavy atom. The molecule has 1 atom stereocenters. The van der Waals surface area contributed by atoms with Crippen LogP contribution in [-0.2, 0) is 9.53 Å². The van der Waals surface area contributed by atoms with Crippen LogP contribution in [0.25, 0.3) is 0 Å². The first kappa shape index (κ1) is 22.1. The summed E-state index contributed by atoms with van der Waals surface area (Å²) in [5.41, 5.74) is 5.38. The number of rotatable bonds is 8. The Bertz CT molecular complexity index is 815. The molecule has 0 spiro atoms. The van der Waals surface area contributed by atoms with Crippen LogP contribution in [0, 0.1) is 0 Å². The van der Waals surface area contributed by atoms with Crippen molar-refractivity contribution in [3.05, 3.63) is 60.2 Å². The lowest BCUT2D eigenvalue weighted by molar-refractivity contribution is -0.120. The van der Waals surface area contributed by atoms with Crippen LogP contribution in [0.5, 0.6) is 11.5 Å². The summed E-state index contributed by atoms with van der Waals surface area (Å²) in [4.78, 5) is 24.0. The standard InChI is InChI=1S/C20H24N4O4S/c1-14(13-27-2)22-20(29)24-23-18(25)12-21-19(26)15-8-10-17(11-9-15)28-16-6-4-3-5-7-16/h3-11,14H,12-13H2,1-2H3,(H,21,26)(H,23,25)(H2,22,24,29)/t14-/m1/s1. The van der Waals surface area contributed by atoms with Crippen molar-refractivity contribution in [2.45, 2.75) is 13.0 Å². The molecule has 8 nitrogen and oxygen atoms in total. The first-order valence-electron chi connectivity index (χ1n) is 8.93. The summed E-state index contributed by atoms with van der Waals surface area (Å²) in [6.45, 7) is 2.15. The molecule has 0 aliphatic carbocycles. The highest BCUT2D eigenvalue weighted by Gasteiger charge is 2.09. The van der Waals surface area contributed by atoms with Crippen LogP contribution >= 0.6 is 12.2 Å². The summed E-state index contributed by atoms with van der Waals surface area (Å²) in [7, 11) is 1.59. The van der Waals surface area contributed by atoms with Gasteiger partial charge in [0, 0.05) is 18.7 Å². The number of benzene rings is 2. The molecule has 9 heteroatoms. The van der Waals surface area contributed by atoms with Gasteiger partial charge in [0.15, 0.2) is 5.11 Å². The second kappa shape index (κ2) is 11.6. The molecule has 0 aromatic heterocycles. The van der Waals surface area contributed by atoms with Gasteiger partial charge in [-0.1, -0.05) is 18.2 Å². The molecule has 2 aromatic carbocycles. The molecule has 154 valence electrons. The van der Waals surface area contributed by atoms with E-state index in [0.717, 1.165) is 0 Å². The fourth-order valence-corrected chi connectivity index (χ4v) is 2.54. The molecule has 29 heavy (non-hydrogen) atoms. The Morgan fingerprint density at radius 3 is 2.31 bits per heavy atom. The Hall–Kier alpha value is -3.17. The highest BCUT2D eigenvalue weighted by Crippen LogP contribution is 2.20. The van der Waals surface area contributed by atoms with Crippen LogP contribution in [-0.4, -0.2) is 43.2 Å². The predicted octanol–water partition coefficient (Wildman–Crippen LogP) is 1.74. The molecule has 0 heterocycles. The van der Waals surface area contributed by atoms with E-state index in [0.29, 0.717) is 23.7 Å². The number of ether oxygens (including phenoxy) is 2. The molecule has 0 saturated carbocycles. The van der Waals surface area contributed by atoms with Gasteiger partial charge in [0.05, 0.1) is 13.2 Å². The van der Waals surface area contributed by atoms with E-state index < -0.39 is 5.91 Å². The molecule has 0 bridgehead atoms. The summed E-state index contributed by atoms with van der Waals surface area (Å²) >= 11 is 5.04. The zero-order valence-corrected chi connectivity index (χ0v) is 17.0. The molecule has 4 N–H and O–H groups in total. The van der Waals surface area contributed by atoms with Crippen LogP contribution in [0.3, 0.4) is 0 Å². The van der Waals surface area contributed by atoms with Gasteiger partial charge >= 0.3 is 0 Å². The minimum Gasteiger partial charge on any atom is -0.457 e. The average molecular weight is 417 g/mol. The predicted molar refractivity (Wildman–Crippen MR) is 114 cm³/mol. The third-order valence-corrected chi connectivity index (χ3v) is 3.83. The summed E-state index contributed by atoms with van der Waals surface area (Å²) in [6, 6.07) is 16.0. The molecular formula is C20H24N4O4S. The molecule has 0 fully saturated rings. The Kier molecular flexibility index (Phi) is 8.87. The van der Waals surface area contributed by atoms with Crippen molar-refractivity contribution in [1.29, 1.82) is 0 Å². The van der Waals surface area contributed by atoms with Crippen LogP contribution in [0.15, 0.2) is 54.6 Å². The molecule has 2 amide bonds. The van der Waals surface area contributed by atoms with E-state index in [1.807, 2.05) is 37.3 Å². The maximum atomic E-state index is 12.2. The van der Waals surface area contributed by atoms with Gasteiger partial charge in [-0.05, 0) is 55.5 Å². The Labute approximate surface area is 174 Å². The third-order valence-electron chi connectivity index (χ3n) is 3.61. The van der Waals surface area contributed by atoms with Crippen molar-refractivity contribution in [3.8, 4) is 11.5 Å². The normalized spacial score (nSPS) is 11.1. The van der Waals surface area contributed by atoms with Gasteiger partial charge in [0.2, 0.25) is 0 Å². The number of thiocarbonyl (C=S) groups is 1. The number of hydrogen-bond donors (Lipinski definition) is 4. The largest absolute Gasteiger partial charge is 0.457 e. The minimum absolute atomic E-state index is 0.00885. The number of para-hydroxylation sites is 1. The van der Waals surface area contributed by atoms with Gasteiger partial charge in [0.25, 0.3) is 11.8 Å². The van der Waals surface area contributed by atoms with Gasteiger partial charge in [-0.15, -0.1) is 0 Å². The molecule has 0 aliphatic heterocycles. The van der Waals surface area contributed by atoms with Gasteiger partial charge in [-0.25, -0.2) is 0 Å². The fraction of sp³-hybridized carbons (Fsp3) is 0.250. The Morgan fingerprint density at radius 2 is 1.66 bits per heavy atom. The monoisotopic (exact) mass is 416 g/mol. The third kappa shape index (κ3) is 8.16. The fourth-order valence-electron chi connectivity index (χ4n) is 2.28. The maximum absolute atomic E-state index is 12.2. The minimum atomic E-state index is -0.439. The summed E-state index contributed by atoms with van der Waals surface area (Å²) in [6.07, 6.45) is 0. The lowest BCUT2D eigenvalue weighted by Crippen LogP contribution is -2.52. The summed E-state index contributed by atoms with van der Waals surface area (Å²) in [5, 5.41) is 5.72.